The molecule has 0 saturated carbocycles. The summed E-state index contributed by atoms with van der Waals surface area (Å²) in [5.74, 6) is -0.243. The topological polar surface area (TPSA) is 52.3 Å². The third-order valence-electron chi connectivity index (χ3n) is 2.76. The highest BCUT2D eigenvalue weighted by molar-refractivity contribution is 7.99. The van der Waals surface area contributed by atoms with Crippen molar-refractivity contribution in [3.8, 4) is 0 Å². The lowest BCUT2D eigenvalue weighted by molar-refractivity contribution is -0.142. The van der Waals surface area contributed by atoms with Crippen molar-refractivity contribution in [3.05, 3.63) is 53.1 Å². The molecule has 0 fully saturated rings. The van der Waals surface area contributed by atoms with Gasteiger partial charge in [-0.25, -0.2) is 0 Å². The lowest BCUT2D eigenvalue weighted by atomic mass is 10.1. The average molecular weight is 322 g/mol. The zero-order chi connectivity index (χ0) is 15.2. The molecule has 110 valence electrons. The molecule has 5 heteroatoms. The SMILES string of the molecule is CCOC(=O)Cc1ccc(Sc2ccc(N)cc2)c(Cl)c1. The molecule has 0 spiro atoms. The number of benzene rings is 2. The Labute approximate surface area is 133 Å². The summed E-state index contributed by atoms with van der Waals surface area (Å²) in [5, 5.41) is 0.624. The van der Waals surface area contributed by atoms with E-state index in [0.29, 0.717) is 11.6 Å². The lowest BCUT2D eigenvalue weighted by Gasteiger charge is -2.07. The van der Waals surface area contributed by atoms with Gasteiger partial charge in [-0.05, 0) is 48.9 Å². The molecular formula is C16H16ClNO2S. The van der Waals surface area contributed by atoms with Crippen LogP contribution in [0.2, 0.25) is 5.02 Å². The van der Waals surface area contributed by atoms with Crippen molar-refractivity contribution in [1.82, 2.24) is 0 Å². The van der Waals surface area contributed by atoms with Gasteiger partial charge in [-0.15, -0.1) is 0 Å². The van der Waals surface area contributed by atoms with Crippen LogP contribution in [0.5, 0.6) is 0 Å². The number of halogens is 1. The van der Waals surface area contributed by atoms with E-state index in [2.05, 4.69) is 0 Å². The molecule has 3 nitrogen and oxygen atoms in total. The third-order valence-corrected chi connectivity index (χ3v) is 4.27. The number of esters is 1. The van der Waals surface area contributed by atoms with E-state index in [1.165, 1.54) is 0 Å². The molecule has 0 aliphatic heterocycles. The number of carbonyl (C=O) groups is 1. The molecular weight excluding hydrogens is 306 g/mol. The first-order valence-corrected chi connectivity index (χ1v) is 7.75. The molecule has 2 aromatic carbocycles. The first-order valence-electron chi connectivity index (χ1n) is 6.56. The van der Waals surface area contributed by atoms with Gasteiger partial charge in [0.1, 0.15) is 0 Å². The van der Waals surface area contributed by atoms with E-state index in [9.17, 15) is 4.79 Å². The molecule has 0 heterocycles. The zero-order valence-corrected chi connectivity index (χ0v) is 13.2. The molecule has 2 aromatic rings. The van der Waals surface area contributed by atoms with Gasteiger partial charge in [-0.1, -0.05) is 29.4 Å². The fourth-order valence-corrected chi connectivity index (χ4v) is 2.92. The van der Waals surface area contributed by atoms with Crippen molar-refractivity contribution in [2.45, 2.75) is 23.1 Å². The van der Waals surface area contributed by atoms with E-state index in [4.69, 9.17) is 22.1 Å². The molecule has 0 aliphatic rings. The Balaban J connectivity index is 2.08. The third kappa shape index (κ3) is 4.69. The molecule has 21 heavy (non-hydrogen) atoms. The predicted molar refractivity (Wildman–Crippen MR) is 86.8 cm³/mol. The van der Waals surface area contributed by atoms with Crippen LogP contribution in [0, 0.1) is 0 Å². The fraction of sp³-hybridized carbons (Fsp3) is 0.188. The first-order chi connectivity index (χ1) is 10.1. The second-order valence-corrected chi connectivity index (χ2v) is 5.94. The quantitative estimate of drug-likeness (QED) is 0.663. The minimum Gasteiger partial charge on any atom is -0.466 e. The largest absolute Gasteiger partial charge is 0.466 e. The second kappa shape index (κ2) is 7.38. The molecule has 0 atom stereocenters. The van der Waals surface area contributed by atoms with Crippen LogP contribution >= 0.6 is 23.4 Å². The Morgan fingerprint density at radius 3 is 2.57 bits per heavy atom. The van der Waals surface area contributed by atoms with E-state index < -0.39 is 0 Å². The molecule has 0 saturated heterocycles. The minimum absolute atomic E-state index is 0.236. The number of carbonyl (C=O) groups excluding carboxylic acids is 1. The number of hydrogen-bond donors (Lipinski definition) is 1. The van der Waals surface area contributed by atoms with Gasteiger partial charge >= 0.3 is 5.97 Å². The molecule has 2 N–H and O–H groups in total. The highest BCUT2D eigenvalue weighted by Gasteiger charge is 2.08. The van der Waals surface area contributed by atoms with Crippen LogP contribution in [0.1, 0.15) is 12.5 Å². The fourth-order valence-electron chi connectivity index (χ4n) is 1.78. The van der Waals surface area contributed by atoms with Gasteiger partial charge in [0, 0.05) is 15.5 Å². The number of anilines is 1. The van der Waals surface area contributed by atoms with Gasteiger partial charge in [-0.3, -0.25) is 4.79 Å². The zero-order valence-electron chi connectivity index (χ0n) is 11.6. The van der Waals surface area contributed by atoms with E-state index in [-0.39, 0.29) is 12.4 Å². The summed E-state index contributed by atoms with van der Waals surface area (Å²) in [6.07, 6.45) is 0.236. The molecule has 0 amide bonds. The van der Waals surface area contributed by atoms with Crippen LogP contribution in [0.25, 0.3) is 0 Å². The van der Waals surface area contributed by atoms with Gasteiger partial charge in [-0.2, -0.15) is 0 Å². The van der Waals surface area contributed by atoms with Gasteiger partial charge in [0.25, 0.3) is 0 Å². The molecule has 0 bridgehead atoms. The van der Waals surface area contributed by atoms with Crippen molar-refractivity contribution in [1.29, 1.82) is 0 Å². The van der Waals surface area contributed by atoms with E-state index in [1.807, 2.05) is 36.4 Å². The number of rotatable bonds is 5. The minimum atomic E-state index is -0.243. The van der Waals surface area contributed by atoms with Crippen molar-refractivity contribution in [2.75, 3.05) is 12.3 Å². The molecule has 0 radical (unpaired) electrons. The number of hydrogen-bond acceptors (Lipinski definition) is 4. The Morgan fingerprint density at radius 2 is 1.95 bits per heavy atom. The summed E-state index contributed by atoms with van der Waals surface area (Å²) in [6.45, 7) is 2.18. The lowest BCUT2D eigenvalue weighted by Crippen LogP contribution is -2.07. The molecule has 0 aromatic heterocycles. The normalized spacial score (nSPS) is 10.4. The Hall–Kier alpha value is -1.65. The molecule has 0 aliphatic carbocycles. The smallest absolute Gasteiger partial charge is 0.310 e. The van der Waals surface area contributed by atoms with Crippen molar-refractivity contribution in [3.63, 3.8) is 0 Å². The van der Waals surface area contributed by atoms with E-state index in [1.54, 1.807) is 24.8 Å². The van der Waals surface area contributed by atoms with Gasteiger partial charge in [0.05, 0.1) is 18.1 Å². The summed E-state index contributed by atoms with van der Waals surface area (Å²) in [6, 6.07) is 13.2. The van der Waals surface area contributed by atoms with Crippen LogP contribution in [-0.2, 0) is 16.0 Å². The summed E-state index contributed by atoms with van der Waals surface area (Å²) in [5.41, 5.74) is 7.24. The van der Waals surface area contributed by atoms with Gasteiger partial charge < -0.3 is 10.5 Å². The average Bonchev–Trinajstić information content (AvgIpc) is 2.44. The van der Waals surface area contributed by atoms with Crippen LogP contribution in [0.15, 0.2) is 52.3 Å². The maximum atomic E-state index is 11.4. The monoisotopic (exact) mass is 321 g/mol. The molecule has 2 rings (SSSR count). The van der Waals surface area contributed by atoms with Crippen LogP contribution in [0.3, 0.4) is 0 Å². The summed E-state index contributed by atoms with van der Waals surface area (Å²) >= 11 is 7.83. The van der Waals surface area contributed by atoms with Crippen molar-refractivity contribution >= 4 is 35.0 Å². The first kappa shape index (κ1) is 15.7. The molecule has 0 unspecified atom stereocenters. The van der Waals surface area contributed by atoms with Crippen LogP contribution in [0.4, 0.5) is 5.69 Å². The summed E-state index contributed by atoms with van der Waals surface area (Å²) in [7, 11) is 0. The maximum absolute atomic E-state index is 11.4. The summed E-state index contributed by atoms with van der Waals surface area (Å²) < 4.78 is 4.92. The predicted octanol–water partition coefficient (Wildman–Crippen LogP) is 4.18. The van der Waals surface area contributed by atoms with Gasteiger partial charge in [0.2, 0.25) is 0 Å². The highest BCUT2D eigenvalue weighted by atomic mass is 35.5. The number of ether oxygens (including phenoxy) is 1. The Kier molecular flexibility index (Phi) is 5.53. The maximum Gasteiger partial charge on any atom is 0.310 e. The van der Waals surface area contributed by atoms with E-state index in [0.717, 1.165) is 21.0 Å². The second-order valence-electron chi connectivity index (χ2n) is 4.42. The number of nitrogens with two attached hydrogens (primary N) is 1. The standard InChI is InChI=1S/C16H16ClNO2S/c1-2-20-16(19)10-11-3-8-15(14(17)9-11)21-13-6-4-12(18)5-7-13/h3-9H,2,10,18H2,1H3. The summed E-state index contributed by atoms with van der Waals surface area (Å²) in [4.78, 5) is 13.4. The number of nitrogen functional groups attached to an aromatic ring is 1. The Morgan fingerprint density at radius 1 is 1.24 bits per heavy atom. The van der Waals surface area contributed by atoms with Gasteiger partial charge in [0.15, 0.2) is 0 Å². The Bertz CT molecular complexity index is 629. The van der Waals surface area contributed by atoms with Crippen molar-refractivity contribution < 1.29 is 9.53 Å². The van der Waals surface area contributed by atoms with E-state index >= 15 is 0 Å². The highest BCUT2D eigenvalue weighted by Crippen LogP contribution is 2.34. The van der Waals surface area contributed by atoms with Crippen molar-refractivity contribution in [2.24, 2.45) is 0 Å². The van der Waals surface area contributed by atoms with Crippen LogP contribution < -0.4 is 5.73 Å². The van der Waals surface area contributed by atoms with Crippen LogP contribution in [-0.4, -0.2) is 12.6 Å².